The molecule has 1 aromatic heterocycles. The second-order valence-electron chi connectivity index (χ2n) is 3.50. The van der Waals surface area contributed by atoms with Crippen LogP contribution in [0.15, 0.2) is 18.3 Å². The van der Waals surface area contributed by atoms with Crippen molar-refractivity contribution in [2.75, 3.05) is 6.61 Å². The van der Waals surface area contributed by atoms with Crippen molar-refractivity contribution >= 4 is 0 Å². The molecule has 0 saturated heterocycles. The van der Waals surface area contributed by atoms with Gasteiger partial charge < -0.3 is 4.74 Å². The fraction of sp³-hybridized carbons (Fsp3) is 0.455. The van der Waals surface area contributed by atoms with Gasteiger partial charge in [0.05, 0.1) is 6.61 Å². The predicted octanol–water partition coefficient (Wildman–Crippen LogP) is 2.62. The first-order valence-electron chi connectivity index (χ1n) is 4.89. The summed E-state index contributed by atoms with van der Waals surface area (Å²) in [5.41, 5.74) is 0.173. The molecule has 1 rings (SSSR count). The number of hydrogen-bond acceptors (Lipinski definition) is 3. The van der Waals surface area contributed by atoms with Crippen LogP contribution in [0.5, 0.6) is 5.75 Å². The number of nitrogens with zero attached hydrogens (tertiary/aromatic N) is 2. The maximum Gasteiger partial charge on any atom is 0.239 e. The van der Waals surface area contributed by atoms with E-state index in [1.54, 1.807) is 19.1 Å². The third-order valence-corrected chi connectivity index (χ3v) is 1.98. The van der Waals surface area contributed by atoms with E-state index in [9.17, 15) is 8.78 Å². The van der Waals surface area contributed by atoms with Crippen LogP contribution in [0.25, 0.3) is 0 Å². The molecule has 1 aromatic rings. The third-order valence-electron chi connectivity index (χ3n) is 1.98. The molecule has 1 atom stereocenters. The van der Waals surface area contributed by atoms with Crippen LogP contribution in [-0.2, 0) is 0 Å². The van der Waals surface area contributed by atoms with Crippen LogP contribution in [0.3, 0.4) is 0 Å². The van der Waals surface area contributed by atoms with Crippen LogP contribution >= 0.6 is 0 Å². The smallest absolute Gasteiger partial charge is 0.239 e. The molecule has 0 amide bonds. The van der Waals surface area contributed by atoms with Gasteiger partial charge in [0.1, 0.15) is 6.07 Å². The highest BCUT2D eigenvalue weighted by Crippen LogP contribution is 2.17. The van der Waals surface area contributed by atoms with E-state index in [2.05, 4.69) is 4.98 Å². The van der Waals surface area contributed by atoms with Crippen LogP contribution in [0.2, 0.25) is 0 Å². The first kappa shape index (κ1) is 12.4. The average Bonchev–Trinajstić information content (AvgIpc) is 2.26. The van der Waals surface area contributed by atoms with Crippen molar-refractivity contribution in [3.05, 3.63) is 24.0 Å². The minimum absolute atomic E-state index is 0.157. The molecular formula is C11H12F2N2O. The van der Waals surface area contributed by atoms with E-state index in [1.165, 1.54) is 6.20 Å². The molecule has 0 aliphatic heterocycles. The van der Waals surface area contributed by atoms with Gasteiger partial charge in [-0.15, -0.1) is 0 Å². The number of nitriles is 1. The zero-order valence-electron chi connectivity index (χ0n) is 8.86. The lowest BCUT2D eigenvalue weighted by molar-refractivity contribution is 0.102. The lowest BCUT2D eigenvalue weighted by Gasteiger charge is -2.12. The van der Waals surface area contributed by atoms with Crippen LogP contribution < -0.4 is 4.74 Å². The standard InChI is InChI=1S/C11H12F2N2O/c1-8(5-11(12)13)7-16-10-3-2-4-15-9(10)6-14/h2-4,8,11H,5,7H2,1H3. The van der Waals surface area contributed by atoms with Crippen LogP contribution in [0, 0.1) is 17.2 Å². The van der Waals surface area contributed by atoms with Crippen LogP contribution in [-0.4, -0.2) is 18.0 Å². The Morgan fingerprint density at radius 1 is 1.56 bits per heavy atom. The summed E-state index contributed by atoms with van der Waals surface area (Å²) in [5, 5.41) is 8.72. The third kappa shape index (κ3) is 3.81. The van der Waals surface area contributed by atoms with Crippen molar-refractivity contribution in [1.82, 2.24) is 4.98 Å². The van der Waals surface area contributed by atoms with Gasteiger partial charge in [0.2, 0.25) is 6.43 Å². The van der Waals surface area contributed by atoms with Crippen molar-refractivity contribution < 1.29 is 13.5 Å². The molecule has 3 nitrogen and oxygen atoms in total. The maximum absolute atomic E-state index is 12.0. The summed E-state index contributed by atoms with van der Waals surface area (Å²) in [6, 6.07) is 5.11. The molecule has 0 N–H and O–H groups in total. The number of halogens is 2. The molecule has 0 fully saturated rings. The molecule has 0 aliphatic rings. The Hall–Kier alpha value is -1.70. The minimum Gasteiger partial charge on any atom is -0.490 e. The normalized spacial score (nSPS) is 12.2. The summed E-state index contributed by atoms with van der Waals surface area (Å²) in [6.07, 6.45) is -1.06. The van der Waals surface area contributed by atoms with Gasteiger partial charge in [0, 0.05) is 12.6 Å². The van der Waals surface area contributed by atoms with E-state index in [0.29, 0.717) is 5.75 Å². The molecular weight excluding hydrogens is 214 g/mol. The number of alkyl halides is 2. The second kappa shape index (κ2) is 6.01. The highest BCUT2D eigenvalue weighted by atomic mass is 19.3. The zero-order valence-corrected chi connectivity index (χ0v) is 8.86. The number of rotatable bonds is 5. The molecule has 16 heavy (non-hydrogen) atoms. The van der Waals surface area contributed by atoms with Crippen molar-refractivity contribution in [1.29, 1.82) is 5.26 Å². The minimum atomic E-state index is -2.33. The van der Waals surface area contributed by atoms with Gasteiger partial charge in [-0.2, -0.15) is 5.26 Å². The first-order valence-corrected chi connectivity index (χ1v) is 4.89. The fourth-order valence-electron chi connectivity index (χ4n) is 1.20. The zero-order chi connectivity index (χ0) is 12.0. The molecule has 86 valence electrons. The molecule has 5 heteroatoms. The number of hydrogen-bond donors (Lipinski definition) is 0. The summed E-state index contributed by atoms with van der Waals surface area (Å²) in [7, 11) is 0. The van der Waals surface area contributed by atoms with E-state index >= 15 is 0 Å². The van der Waals surface area contributed by atoms with Crippen LogP contribution in [0.4, 0.5) is 8.78 Å². The lowest BCUT2D eigenvalue weighted by atomic mass is 10.1. The van der Waals surface area contributed by atoms with Crippen molar-refractivity contribution in [3.63, 3.8) is 0 Å². The van der Waals surface area contributed by atoms with Gasteiger partial charge in [0.25, 0.3) is 0 Å². The fourth-order valence-corrected chi connectivity index (χ4v) is 1.20. The van der Waals surface area contributed by atoms with E-state index in [-0.39, 0.29) is 24.6 Å². The Bertz CT molecular complexity index is 376. The van der Waals surface area contributed by atoms with E-state index in [1.807, 2.05) is 6.07 Å². The van der Waals surface area contributed by atoms with Crippen molar-refractivity contribution in [2.45, 2.75) is 19.8 Å². The Morgan fingerprint density at radius 2 is 2.31 bits per heavy atom. The van der Waals surface area contributed by atoms with Crippen molar-refractivity contribution in [3.8, 4) is 11.8 Å². The summed E-state index contributed by atoms with van der Waals surface area (Å²) >= 11 is 0. The molecule has 0 aromatic carbocycles. The predicted molar refractivity (Wildman–Crippen MR) is 54.2 cm³/mol. The molecule has 1 heterocycles. The van der Waals surface area contributed by atoms with Gasteiger partial charge in [-0.1, -0.05) is 6.92 Å². The van der Waals surface area contributed by atoms with E-state index in [0.717, 1.165) is 0 Å². The molecule has 0 radical (unpaired) electrons. The molecule has 0 aliphatic carbocycles. The second-order valence-corrected chi connectivity index (χ2v) is 3.50. The van der Waals surface area contributed by atoms with E-state index in [4.69, 9.17) is 10.00 Å². The van der Waals surface area contributed by atoms with Gasteiger partial charge in [-0.3, -0.25) is 0 Å². The quantitative estimate of drug-likeness (QED) is 0.775. The number of pyridine rings is 1. The van der Waals surface area contributed by atoms with Crippen LogP contribution in [0.1, 0.15) is 19.0 Å². The van der Waals surface area contributed by atoms with Crippen molar-refractivity contribution in [2.24, 2.45) is 5.92 Å². The molecule has 0 bridgehead atoms. The Balaban J connectivity index is 2.52. The summed E-state index contributed by atoms with van der Waals surface area (Å²) in [5.74, 6) is 0.0814. The molecule has 1 unspecified atom stereocenters. The highest BCUT2D eigenvalue weighted by Gasteiger charge is 2.12. The summed E-state index contributed by atoms with van der Waals surface area (Å²) < 4.78 is 29.3. The number of aromatic nitrogens is 1. The molecule has 0 spiro atoms. The topological polar surface area (TPSA) is 45.9 Å². The maximum atomic E-state index is 12.0. The number of ether oxygens (including phenoxy) is 1. The van der Waals surface area contributed by atoms with E-state index < -0.39 is 6.43 Å². The largest absolute Gasteiger partial charge is 0.490 e. The first-order chi connectivity index (χ1) is 7.63. The Morgan fingerprint density at radius 3 is 2.94 bits per heavy atom. The SMILES string of the molecule is CC(COc1cccnc1C#N)CC(F)F. The summed E-state index contributed by atoms with van der Waals surface area (Å²) in [4.78, 5) is 3.80. The lowest BCUT2D eigenvalue weighted by Crippen LogP contribution is -2.12. The molecule has 0 saturated carbocycles. The van der Waals surface area contributed by atoms with Gasteiger partial charge in [0.15, 0.2) is 11.4 Å². The Labute approximate surface area is 92.7 Å². The Kier molecular flexibility index (Phi) is 4.65. The summed E-state index contributed by atoms with van der Waals surface area (Å²) in [6.45, 7) is 1.83. The van der Waals surface area contributed by atoms with Gasteiger partial charge >= 0.3 is 0 Å². The monoisotopic (exact) mass is 226 g/mol. The van der Waals surface area contributed by atoms with Gasteiger partial charge in [-0.25, -0.2) is 13.8 Å². The van der Waals surface area contributed by atoms with Gasteiger partial charge in [-0.05, 0) is 18.1 Å². The highest BCUT2D eigenvalue weighted by molar-refractivity contribution is 5.36. The average molecular weight is 226 g/mol.